The highest BCUT2D eigenvalue weighted by Gasteiger charge is 2.33. The van der Waals surface area contributed by atoms with Crippen molar-refractivity contribution in [1.29, 1.82) is 0 Å². The number of hydrogen-bond acceptors (Lipinski definition) is 2. The number of rotatable bonds is 3. The Morgan fingerprint density at radius 1 is 1.06 bits per heavy atom. The summed E-state index contributed by atoms with van der Waals surface area (Å²) in [7, 11) is 0. The molecular formula is C16H17NO. The number of nitrogens with one attached hydrogen (secondary N) is 1. The molecule has 1 fully saturated rings. The summed E-state index contributed by atoms with van der Waals surface area (Å²) in [5.41, 5.74) is 2.34. The molecule has 2 aliphatic rings. The van der Waals surface area contributed by atoms with E-state index in [-0.39, 0.29) is 6.04 Å². The van der Waals surface area contributed by atoms with Gasteiger partial charge in [-0.3, -0.25) is 0 Å². The fourth-order valence-electron chi connectivity index (χ4n) is 3.09. The third-order valence-electron chi connectivity index (χ3n) is 4.26. The van der Waals surface area contributed by atoms with E-state index in [1.165, 1.54) is 29.2 Å². The van der Waals surface area contributed by atoms with Gasteiger partial charge in [0.1, 0.15) is 0 Å². The maximum atomic E-state index is 10.5. The highest BCUT2D eigenvalue weighted by Crippen LogP contribution is 2.44. The van der Waals surface area contributed by atoms with Gasteiger partial charge < -0.3 is 10.4 Å². The van der Waals surface area contributed by atoms with Crippen LogP contribution in [0.3, 0.4) is 0 Å². The van der Waals surface area contributed by atoms with E-state index in [9.17, 15) is 5.11 Å². The van der Waals surface area contributed by atoms with E-state index in [1.54, 1.807) is 0 Å². The summed E-state index contributed by atoms with van der Waals surface area (Å²) in [6.07, 6.45) is 2.28. The fraction of sp³-hybridized carbons (Fsp3) is 0.375. The molecule has 0 aromatic heterocycles. The third kappa shape index (κ3) is 1.49. The molecule has 2 atom stereocenters. The maximum absolute atomic E-state index is 10.5. The molecular weight excluding hydrogens is 222 g/mol. The number of aliphatic hydroxyl groups is 1. The van der Waals surface area contributed by atoms with Crippen LogP contribution in [0.4, 0.5) is 0 Å². The monoisotopic (exact) mass is 239 g/mol. The van der Waals surface area contributed by atoms with Gasteiger partial charge in [0.05, 0.1) is 12.1 Å². The lowest BCUT2D eigenvalue weighted by Gasteiger charge is -2.18. The van der Waals surface area contributed by atoms with Crippen LogP contribution in [0.15, 0.2) is 36.4 Å². The first-order valence-electron chi connectivity index (χ1n) is 6.77. The summed E-state index contributed by atoms with van der Waals surface area (Å²) in [4.78, 5) is 0. The molecule has 2 nitrogen and oxygen atoms in total. The molecule has 0 radical (unpaired) electrons. The summed E-state index contributed by atoms with van der Waals surface area (Å²) < 4.78 is 0. The second kappa shape index (κ2) is 3.81. The summed E-state index contributed by atoms with van der Waals surface area (Å²) in [5, 5.41) is 16.5. The Kier molecular flexibility index (Phi) is 2.23. The molecule has 0 heterocycles. The molecule has 2 aromatic carbocycles. The average molecular weight is 239 g/mol. The molecule has 0 aliphatic heterocycles. The number of hydrogen-bond donors (Lipinski definition) is 2. The minimum Gasteiger partial charge on any atom is -0.386 e. The molecule has 92 valence electrons. The SMILES string of the molecule is OC1c2cccc3cccc(c23)C1NCC1CC1. The van der Waals surface area contributed by atoms with Crippen LogP contribution in [0, 0.1) is 5.92 Å². The molecule has 18 heavy (non-hydrogen) atoms. The molecule has 0 amide bonds. The first-order chi connectivity index (χ1) is 8.84. The van der Waals surface area contributed by atoms with Crippen molar-refractivity contribution in [2.45, 2.75) is 25.0 Å². The third-order valence-corrected chi connectivity index (χ3v) is 4.26. The zero-order valence-electron chi connectivity index (χ0n) is 10.3. The van der Waals surface area contributed by atoms with Gasteiger partial charge in [-0.15, -0.1) is 0 Å². The van der Waals surface area contributed by atoms with E-state index in [0.717, 1.165) is 18.0 Å². The van der Waals surface area contributed by atoms with Crippen molar-refractivity contribution in [2.75, 3.05) is 6.54 Å². The van der Waals surface area contributed by atoms with E-state index in [2.05, 4.69) is 35.6 Å². The minimum absolute atomic E-state index is 0.0756. The standard InChI is InChI=1S/C16H17NO/c18-16-13-6-2-4-11-3-1-5-12(14(11)13)15(16)17-9-10-7-8-10/h1-6,10,15-18H,7-9H2. The lowest BCUT2D eigenvalue weighted by atomic mass is 10.0. The van der Waals surface area contributed by atoms with Crippen molar-refractivity contribution < 1.29 is 5.11 Å². The van der Waals surface area contributed by atoms with Crippen LogP contribution >= 0.6 is 0 Å². The Morgan fingerprint density at radius 2 is 1.78 bits per heavy atom. The summed E-state index contributed by atoms with van der Waals surface area (Å²) in [5.74, 6) is 0.833. The normalized spacial score (nSPS) is 25.8. The average Bonchev–Trinajstić information content (AvgIpc) is 3.18. The Balaban J connectivity index is 1.77. The van der Waals surface area contributed by atoms with Crippen molar-refractivity contribution in [3.8, 4) is 0 Å². The van der Waals surface area contributed by atoms with Crippen LogP contribution in [0.25, 0.3) is 10.8 Å². The van der Waals surface area contributed by atoms with Gasteiger partial charge in [0.2, 0.25) is 0 Å². The van der Waals surface area contributed by atoms with Gasteiger partial charge in [-0.25, -0.2) is 0 Å². The van der Waals surface area contributed by atoms with E-state index < -0.39 is 6.10 Å². The first-order valence-corrected chi connectivity index (χ1v) is 6.77. The van der Waals surface area contributed by atoms with Gasteiger partial charge in [0.15, 0.2) is 0 Å². The molecule has 2 aliphatic carbocycles. The quantitative estimate of drug-likeness (QED) is 0.863. The van der Waals surface area contributed by atoms with Crippen LogP contribution in [-0.4, -0.2) is 11.7 Å². The summed E-state index contributed by atoms with van der Waals surface area (Å²) in [6.45, 7) is 1.03. The molecule has 0 spiro atoms. The van der Waals surface area contributed by atoms with Crippen LogP contribution in [-0.2, 0) is 0 Å². The summed E-state index contributed by atoms with van der Waals surface area (Å²) >= 11 is 0. The molecule has 4 rings (SSSR count). The van der Waals surface area contributed by atoms with Crippen LogP contribution in [0.1, 0.15) is 36.1 Å². The van der Waals surface area contributed by atoms with E-state index in [0.29, 0.717) is 0 Å². The van der Waals surface area contributed by atoms with E-state index in [4.69, 9.17) is 0 Å². The predicted molar refractivity (Wildman–Crippen MR) is 72.4 cm³/mol. The zero-order valence-corrected chi connectivity index (χ0v) is 10.3. The van der Waals surface area contributed by atoms with Crippen LogP contribution in [0.2, 0.25) is 0 Å². The van der Waals surface area contributed by atoms with Crippen LogP contribution in [0.5, 0.6) is 0 Å². The van der Waals surface area contributed by atoms with Crippen molar-refractivity contribution in [3.63, 3.8) is 0 Å². The second-order valence-corrected chi connectivity index (χ2v) is 5.57. The van der Waals surface area contributed by atoms with Gasteiger partial charge in [-0.2, -0.15) is 0 Å². The van der Waals surface area contributed by atoms with Gasteiger partial charge in [0, 0.05) is 0 Å². The van der Waals surface area contributed by atoms with Crippen molar-refractivity contribution >= 4 is 10.8 Å². The molecule has 2 N–H and O–H groups in total. The lowest BCUT2D eigenvalue weighted by molar-refractivity contribution is 0.136. The fourth-order valence-corrected chi connectivity index (χ4v) is 3.09. The lowest BCUT2D eigenvalue weighted by Crippen LogP contribution is -2.26. The highest BCUT2D eigenvalue weighted by atomic mass is 16.3. The molecule has 2 heteroatoms. The molecule has 2 aromatic rings. The van der Waals surface area contributed by atoms with Crippen LogP contribution < -0.4 is 5.32 Å². The Labute approximate surface area is 107 Å². The largest absolute Gasteiger partial charge is 0.386 e. The van der Waals surface area contributed by atoms with Crippen molar-refractivity contribution in [1.82, 2.24) is 5.32 Å². The Morgan fingerprint density at radius 3 is 2.50 bits per heavy atom. The number of aliphatic hydroxyl groups excluding tert-OH is 1. The molecule has 0 saturated heterocycles. The maximum Gasteiger partial charge on any atom is 0.0991 e. The van der Waals surface area contributed by atoms with Gasteiger partial charge >= 0.3 is 0 Å². The zero-order chi connectivity index (χ0) is 12.1. The Hall–Kier alpha value is -1.38. The van der Waals surface area contributed by atoms with Gasteiger partial charge in [-0.05, 0) is 47.2 Å². The predicted octanol–water partition coefficient (Wildman–Crippen LogP) is 2.93. The Bertz CT molecular complexity index is 598. The van der Waals surface area contributed by atoms with E-state index in [1.807, 2.05) is 6.07 Å². The molecule has 2 unspecified atom stereocenters. The molecule has 0 bridgehead atoms. The number of benzene rings is 2. The topological polar surface area (TPSA) is 32.3 Å². The van der Waals surface area contributed by atoms with Crippen molar-refractivity contribution in [2.24, 2.45) is 5.92 Å². The summed E-state index contributed by atoms with van der Waals surface area (Å²) in [6, 6.07) is 12.6. The van der Waals surface area contributed by atoms with Gasteiger partial charge in [-0.1, -0.05) is 36.4 Å². The molecule has 1 saturated carbocycles. The first kappa shape index (κ1) is 10.5. The van der Waals surface area contributed by atoms with Gasteiger partial charge in [0.25, 0.3) is 0 Å². The highest BCUT2D eigenvalue weighted by molar-refractivity contribution is 5.91. The second-order valence-electron chi connectivity index (χ2n) is 5.57. The minimum atomic E-state index is -0.398. The van der Waals surface area contributed by atoms with Crippen molar-refractivity contribution in [3.05, 3.63) is 47.5 Å². The van der Waals surface area contributed by atoms with E-state index >= 15 is 0 Å². The smallest absolute Gasteiger partial charge is 0.0991 e.